The SMILES string of the molecule is O=C(CCn1cccc1)NC[C@H](c1ccc(F)cc1)N1CCCCC1. The van der Waals surface area contributed by atoms with E-state index in [9.17, 15) is 9.18 Å². The van der Waals surface area contributed by atoms with Crippen molar-refractivity contribution in [2.24, 2.45) is 0 Å². The van der Waals surface area contributed by atoms with Crippen LogP contribution in [0.25, 0.3) is 0 Å². The second-order valence-electron chi connectivity index (χ2n) is 6.64. The summed E-state index contributed by atoms with van der Waals surface area (Å²) in [5.41, 5.74) is 1.06. The molecule has 2 aromatic rings. The van der Waals surface area contributed by atoms with Crippen LogP contribution in [0.5, 0.6) is 0 Å². The van der Waals surface area contributed by atoms with Crippen LogP contribution >= 0.6 is 0 Å². The molecule has 1 amide bonds. The number of aromatic nitrogens is 1. The van der Waals surface area contributed by atoms with E-state index in [-0.39, 0.29) is 17.8 Å². The molecule has 134 valence electrons. The van der Waals surface area contributed by atoms with Gasteiger partial charge in [-0.3, -0.25) is 9.69 Å². The van der Waals surface area contributed by atoms with E-state index >= 15 is 0 Å². The lowest BCUT2D eigenvalue weighted by atomic mass is 10.0. The number of nitrogens with one attached hydrogen (secondary N) is 1. The van der Waals surface area contributed by atoms with Crippen molar-refractivity contribution >= 4 is 5.91 Å². The zero-order chi connectivity index (χ0) is 17.5. The number of nitrogens with zero attached hydrogens (tertiary/aromatic N) is 2. The number of rotatable bonds is 7. The molecule has 0 radical (unpaired) electrons. The fraction of sp³-hybridized carbons (Fsp3) is 0.450. The van der Waals surface area contributed by atoms with Crippen LogP contribution in [0, 0.1) is 5.82 Å². The normalized spacial score (nSPS) is 16.5. The van der Waals surface area contributed by atoms with Crippen molar-refractivity contribution in [3.05, 3.63) is 60.2 Å². The maximum Gasteiger partial charge on any atom is 0.221 e. The van der Waals surface area contributed by atoms with Gasteiger partial charge in [0, 0.05) is 31.9 Å². The van der Waals surface area contributed by atoms with Gasteiger partial charge < -0.3 is 9.88 Å². The summed E-state index contributed by atoms with van der Waals surface area (Å²) in [5, 5.41) is 3.07. The molecule has 1 aliphatic heterocycles. The topological polar surface area (TPSA) is 37.3 Å². The Morgan fingerprint density at radius 1 is 1.08 bits per heavy atom. The van der Waals surface area contributed by atoms with Crippen LogP contribution in [0.1, 0.15) is 37.3 Å². The molecule has 2 heterocycles. The average Bonchev–Trinajstić information content (AvgIpc) is 3.16. The Hall–Kier alpha value is -2.14. The van der Waals surface area contributed by atoms with E-state index < -0.39 is 0 Å². The van der Waals surface area contributed by atoms with Gasteiger partial charge in [-0.15, -0.1) is 0 Å². The number of carbonyl (C=O) groups is 1. The lowest BCUT2D eigenvalue weighted by Gasteiger charge is -2.35. The number of halogens is 1. The monoisotopic (exact) mass is 343 g/mol. The van der Waals surface area contributed by atoms with Crippen LogP contribution in [0.15, 0.2) is 48.8 Å². The second kappa shape index (κ2) is 8.81. The number of benzene rings is 1. The Morgan fingerprint density at radius 2 is 1.76 bits per heavy atom. The molecule has 25 heavy (non-hydrogen) atoms. The predicted molar refractivity (Wildman–Crippen MR) is 96.6 cm³/mol. The highest BCUT2D eigenvalue weighted by molar-refractivity contribution is 5.75. The van der Waals surface area contributed by atoms with Crippen LogP contribution in [-0.4, -0.2) is 35.0 Å². The number of carbonyl (C=O) groups excluding carboxylic acids is 1. The Morgan fingerprint density at radius 3 is 2.44 bits per heavy atom. The largest absolute Gasteiger partial charge is 0.354 e. The second-order valence-corrected chi connectivity index (χ2v) is 6.64. The van der Waals surface area contributed by atoms with Gasteiger partial charge in [0.25, 0.3) is 0 Å². The van der Waals surface area contributed by atoms with Crippen molar-refractivity contribution < 1.29 is 9.18 Å². The Kier molecular flexibility index (Phi) is 6.23. The van der Waals surface area contributed by atoms with E-state index in [0.717, 1.165) is 18.7 Å². The van der Waals surface area contributed by atoms with Gasteiger partial charge in [-0.25, -0.2) is 4.39 Å². The molecule has 1 atom stereocenters. The quantitative estimate of drug-likeness (QED) is 0.837. The Balaban J connectivity index is 1.58. The minimum Gasteiger partial charge on any atom is -0.354 e. The summed E-state index contributed by atoms with van der Waals surface area (Å²) in [6.07, 6.45) is 8.00. The molecule has 0 bridgehead atoms. The van der Waals surface area contributed by atoms with Gasteiger partial charge in [-0.1, -0.05) is 18.6 Å². The molecule has 0 spiro atoms. The van der Waals surface area contributed by atoms with Crippen molar-refractivity contribution in [3.8, 4) is 0 Å². The smallest absolute Gasteiger partial charge is 0.221 e. The summed E-state index contributed by atoms with van der Waals surface area (Å²) < 4.78 is 15.3. The van der Waals surface area contributed by atoms with E-state index in [1.807, 2.05) is 41.2 Å². The van der Waals surface area contributed by atoms with Crippen LogP contribution in [0.4, 0.5) is 4.39 Å². The van der Waals surface area contributed by atoms with Crippen molar-refractivity contribution in [1.82, 2.24) is 14.8 Å². The summed E-state index contributed by atoms with van der Waals surface area (Å²) in [4.78, 5) is 14.6. The molecule has 0 aliphatic carbocycles. The molecule has 1 aromatic heterocycles. The first-order valence-corrected chi connectivity index (χ1v) is 9.09. The summed E-state index contributed by atoms with van der Waals surface area (Å²) in [7, 11) is 0. The van der Waals surface area contributed by atoms with E-state index in [4.69, 9.17) is 0 Å². The molecule has 1 N–H and O–H groups in total. The van der Waals surface area contributed by atoms with Gasteiger partial charge in [-0.05, 0) is 55.8 Å². The molecule has 0 unspecified atom stereocenters. The summed E-state index contributed by atoms with van der Waals surface area (Å²) >= 11 is 0. The molecule has 3 rings (SSSR count). The van der Waals surface area contributed by atoms with Crippen LogP contribution in [-0.2, 0) is 11.3 Å². The van der Waals surface area contributed by atoms with Gasteiger partial charge in [-0.2, -0.15) is 0 Å². The Labute approximate surface area is 148 Å². The molecule has 4 nitrogen and oxygen atoms in total. The predicted octanol–water partition coefficient (Wildman–Crippen LogP) is 3.36. The lowest BCUT2D eigenvalue weighted by molar-refractivity contribution is -0.121. The van der Waals surface area contributed by atoms with Crippen LogP contribution in [0.2, 0.25) is 0 Å². The molecule has 1 fully saturated rings. The maximum absolute atomic E-state index is 13.3. The summed E-state index contributed by atoms with van der Waals surface area (Å²) in [5.74, 6) is -0.172. The van der Waals surface area contributed by atoms with Crippen LogP contribution < -0.4 is 5.32 Å². The van der Waals surface area contributed by atoms with Gasteiger partial charge >= 0.3 is 0 Å². The molecule has 0 saturated carbocycles. The number of likely N-dealkylation sites (tertiary alicyclic amines) is 1. The number of amides is 1. The van der Waals surface area contributed by atoms with Gasteiger partial charge in [0.1, 0.15) is 5.82 Å². The number of piperidine rings is 1. The van der Waals surface area contributed by atoms with E-state index in [2.05, 4.69) is 10.2 Å². The number of hydrogen-bond donors (Lipinski definition) is 1. The summed E-state index contributed by atoms with van der Waals surface area (Å²) in [6.45, 7) is 3.31. The van der Waals surface area contributed by atoms with Crippen molar-refractivity contribution in [2.45, 2.75) is 38.3 Å². The maximum atomic E-state index is 13.3. The fourth-order valence-electron chi connectivity index (χ4n) is 3.42. The minimum atomic E-state index is -0.225. The van der Waals surface area contributed by atoms with Crippen molar-refractivity contribution in [1.29, 1.82) is 0 Å². The molecule has 1 aliphatic rings. The standard InChI is InChI=1S/C20H26FN3O/c21-18-8-6-17(7-9-18)19(24-13-2-1-3-14-24)16-22-20(25)10-15-23-11-4-5-12-23/h4-9,11-12,19H,1-3,10,13-16H2,(H,22,25)/t19-/m1/s1. The van der Waals surface area contributed by atoms with Gasteiger partial charge in [0.05, 0.1) is 6.04 Å². The number of aryl methyl sites for hydroxylation is 1. The van der Waals surface area contributed by atoms with Crippen molar-refractivity contribution in [3.63, 3.8) is 0 Å². The third kappa shape index (κ3) is 5.16. The third-order valence-corrected chi connectivity index (χ3v) is 4.84. The number of hydrogen-bond acceptors (Lipinski definition) is 2. The highest BCUT2D eigenvalue weighted by Gasteiger charge is 2.22. The van der Waals surface area contributed by atoms with Gasteiger partial charge in [0.15, 0.2) is 0 Å². The Bertz CT molecular complexity index is 648. The fourth-order valence-corrected chi connectivity index (χ4v) is 3.42. The summed E-state index contributed by atoms with van der Waals surface area (Å²) in [6, 6.07) is 10.7. The zero-order valence-electron chi connectivity index (χ0n) is 14.5. The zero-order valence-corrected chi connectivity index (χ0v) is 14.5. The van der Waals surface area contributed by atoms with E-state index in [1.54, 1.807) is 0 Å². The lowest BCUT2D eigenvalue weighted by Crippen LogP contribution is -2.40. The minimum absolute atomic E-state index is 0.0535. The first-order valence-electron chi connectivity index (χ1n) is 9.09. The molecular formula is C20H26FN3O. The molecule has 5 heteroatoms. The highest BCUT2D eigenvalue weighted by Crippen LogP contribution is 2.24. The van der Waals surface area contributed by atoms with Gasteiger partial charge in [0.2, 0.25) is 5.91 Å². The third-order valence-electron chi connectivity index (χ3n) is 4.84. The van der Waals surface area contributed by atoms with Crippen molar-refractivity contribution in [2.75, 3.05) is 19.6 Å². The molecule has 1 aromatic carbocycles. The first kappa shape index (κ1) is 17.7. The molecule has 1 saturated heterocycles. The van der Waals surface area contributed by atoms with Crippen LogP contribution in [0.3, 0.4) is 0 Å². The van der Waals surface area contributed by atoms with E-state index in [1.165, 1.54) is 31.4 Å². The average molecular weight is 343 g/mol. The van der Waals surface area contributed by atoms with E-state index in [0.29, 0.717) is 19.5 Å². The first-order chi connectivity index (χ1) is 12.2. The highest BCUT2D eigenvalue weighted by atomic mass is 19.1. The molecular weight excluding hydrogens is 317 g/mol.